The molecule has 2 atom stereocenters. The molecule has 1 aliphatic rings. The molecule has 0 bridgehead atoms. The predicted octanol–water partition coefficient (Wildman–Crippen LogP) is 3.87. The molecule has 0 saturated carbocycles. The average molecular weight is 358 g/mol. The Morgan fingerprint density at radius 2 is 2.08 bits per heavy atom. The topological polar surface area (TPSA) is 105 Å². The number of hydrogen-bond acceptors (Lipinski definition) is 4. The lowest BCUT2D eigenvalue weighted by Gasteiger charge is -2.34. The number of carboxylic acid groups (broad SMARTS) is 2. The van der Waals surface area contributed by atoms with Crippen LogP contribution in [0.3, 0.4) is 0 Å². The number of ketones is 1. The first-order valence-corrected chi connectivity index (χ1v) is 8.31. The maximum absolute atomic E-state index is 12.5. The highest BCUT2D eigenvalue weighted by molar-refractivity contribution is 5.96. The van der Waals surface area contributed by atoms with Crippen LogP contribution in [-0.4, -0.2) is 27.9 Å². The van der Waals surface area contributed by atoms with Crippen LogP contribution in [0.4, 0.5) is 0 Å². The molecule has 0 aliphatic heterocycles. The molecule has 0 radical (unpaired) electrons. The number of aliphatic carboxylic acids is 2. The summed E-state index contributed by atoms with van der Waals surface area (Å²) >= 11 is 0. The summed E-state index contributed by atoms with van der Waals surface area (Å²) in [5, 5.41) is 19.0. The zero-order chi connectivity index (χ0) is 19.3. The van der Waals surface area contributed by atoms with Gasteiger partial charge in [-0.15, -0.1) is 0 Å². The summed E-state index contributed by atoms with van der Waals surface area (Å²) in [4.78, 5) is 35.7. The molecule has 6 nitrogen and oxygen atoms in total. The normalized spacial score (nSPS) is 27.2. The van der Waals surface area contributed by atoms with Gasteiger partial charge < -0.3 is 14.6 Å². The molecule has 138 valence electrons. The fourth-order valence-electron chi connectivity index (χ4n) is 3.29. The fraction of sp³-hybridized carbons (Fsp3) is 0.350. The van der Waals surface area contributed by atoms with Crippen molar-refractivity contribution in [1.29, 1.82) is 0 Å². The molecule has 0 saturated heterocycles. The summed E-state index contributed by atoms with van der Waals surface area (Å²) in [6.45, 7) is 5.56. The maximum Gasteiger partial charge on any atom is 0.335 e. The third-order valence-electron chi connectivity index (χ3n) is 4.88. The van der Waals surface area contributed by atoms with E-state index in [1.54, 1.807) is 25.1 Å². The van der Waals surface area contributed by atoms with Gasteiger partial charge in [-0.1, -0.05) is 25.7 Å². The zero-order valence-corrected chi connectivity index (χ0v) is 14.6. The molecule has 26 heavy (non-hydrogen) atoms. The number of carboxylic acids is 2. The minimum atomic E-state index is -1.09. The van der Waals surface area contributed by atoms with Crippen molar-refractivity contribution < 1.29 is 29.0 Å². The smallest absolute Gasteiger partial charge is 0.335 e. The summed E-state index contributed by atoms with van der Waals surface area (Å²) in [5.74, 6) is -3.09. The zero-order valence-electron chi connectivity index (χ0n) is 14.6. The van der Waals surface area contributed by atoms with Gasteiger partial charge in [0.1, 0.15) is 6.26 Å². The van der Waals surface area contributed by atoms with Gasteiger partial charge in [-0.05, 0) is 42.4 Å². The Morgan fingerprint density at radius 1 is 1.35 bits per heavy atom. The van der Waals surface area contributed by atoms with Crippen molar-refractivity contribution >= 4 is 17.7 Å². The van der Waals surface area contributed by atoms with Crippen LogP contribution in [0.2, 0.25) is 0 Å². The van der Waals surface area contributed by atoms with Crippen molar-refractivity contribution in [2.24, 2.45) is 11.3 Å². The van der Waals surface area contributed by atoms with Crippen LogP contribution in [0.1, 0.15) is 43.0 Å². The van der Waals surface area contributed by atoms with Crippen molar-refractivity contribution in [3.63, 3.8) is 0 Å². The van der Waals surface area contributed by atoms with Crippen LogP contribution >= 0.6 is 0 Å². The van der Waals surface area contributed by atoms with Crippen LogP contribution in [0.25, 0.3) is 0 Å². The second-order valence-corrected chi connectivity index (χ2v) is 6.82. The van der Waals surface area contributed by atoms with E-state index in [2.05, 4.69) is 6.58 Å². The summed E-state index contributed by atoms with van der Waals surface area (Å²) < 4.78 is 4.94. The number of hydrogen-bond donors (Lipinski definition) is 2. The summed E-state index contributed by atoms with van der Waals surface area (Å²) in [6.07, 6.45) is 8.34. The highest BCUT2D eigenvalue weighted by Crippen LogP contribution is 2.41. The molecule has 2 rings (SSSR count). The van der Waals surface area contributed by atoms with E-state index >= 15 is 0 Å². The van der Waals surface area contributed by atoms with E-state index in [1.165, 1.54) is 18.6 Å². The average Bonchev–Trinajstić information content (AvgIpc) is 3.08. The van der Waals surface area contributed by atoms with Crippen molar-refractivity contribution in [2.45, 2.75) is 32.6 Å². The molecule has 6 heteroatoms. The lowest BCUT2D eigenvalue weighted by Crippen LogP contribution is -2.35. The summed E-state index contributed by atoms with van der Waals surface area (Å²) in [7, 11) is 0. The molecule has 0 fully saturated rings. The number of carbonyl (C=O) groups excluding carboxylic acids is 1. The van der Waals surface area contributed by atoms with Gasteiger partial charge in [0.25, 0.3) is 0 Å². The summed E-state index contributed by atoms with van der Waals surface area (Å²) in [6, 6.07) is 1.56. The van der Waals surface area contributed by atoms with Crippen LogP contribution in [0.5, 0.6) is 0 Å². The third kappa shape index (κ3) is 4.39. The van der Waals surface area contributed by atoms with Crippen LogP contribution in [0.15, 0.2) is 59.0 Å². The number of rotatable bonds is 5. The molecule has 2 N–H and O–H groups in total. The Labute approximate surface area is 151 Å². The van der Waals surface area contributed by atoms with E-state index in [1.807, 2.05) is 0 Å². The number of Topliss-reactive ketones (excluding diaryl/α,β-unsaturated/α-hetero) is 1. The first kappa shape index (κ1) is 19.4. The Morgan fingerprint density at radius 3 is 2.65 bits per heavy atom. The Hall–Kier alpha value is -2.89. The van der Waals surface area contributed by atoms with Crippen LogP contribution < -0.4 is 0 Å². The van der Waals surface area contributed by atoms with Gasteiger partial charge in [-0.25, -0.2) is 4.79 Å². The van der Waals surface area contributed by atoms with Crippen molar-refractivity contribution in [3.8, 4) is 0 Å². The lowest BCUT2D eigenvalue weighted by atomic mass is 9.68. The Bertz CT molecular complexity index is 768. The second-order valence-electron chi connectivity index (χ2n) is 6.82. The highest BCUT2D eigenvalue weighted by Gasteiger charge is 2.40. The van der Waals surface area contributed by atoms with E-state index < -0.39 is 23.3 Å². The number of carbonyl (C=O) groups is 3. The van der Waals surface area contributed by atoms with E-state index in [0.29, 0.717) is 17.6 Å². The minimum absolute atomic E-state index is 0.0514. The number of furan rings is 1. The molecule has 1 aromatic heterocycles. The standard InChI is InChI=1S/C20H22O6/c1-13-6-7-16(19(24)25)20(2,9-4-3-5-15(13)18(22)23)11-17(21)14-8-10-26-12-14/h3-5,8,10,12,16H,1,6-7,9,11H2,2H3,(H,22,23)(H,24,25)/b4-3-,15-5+/t16-,20-/m0/s1. The first-order chi connectivity index (χ1) is 12.2. The summed E-state index contributed by atoms with van der Waals surface area (Å²) in [5.41, 5.74) is 0.0436. The van der Waals surface area contributed by atoms with E-state index in [9.17, 15) is 24.6 Å². The highest BCUT2D eigenvalue weighted by atomic mass is 16.4. The second kappa shape index (κ2) is 7.99. The van der Waals surface area contributed by atoms with Gasteiger partial charge in [0.15, 0.2) is 5.78 Å². The molecular weight excluding hydrogens is 336 g/mol. The molecule has 1 heterocycles. The number of allylic oxidation sites excluding steroid dienone is 3. The maximum atomic E-state index is 12.5. The van der Waals surface area contributed by atoms with E-state index in [4.69, 9.17) is 4.42 Å². The first-order valence-electron chi connectivity index (χ1n) is 8.31. The van der Waals surface area contributed by atoms with Gasteiger partial charge in [0.2, 0.25) is 0 Å². The lowest BCUT2D eigenvalue weighted by molar-refractivity contribution is -0.146. The SMILES string of the molecule is C=C1CC[C@@H](C(=O)O)[C@](C)(CC(=O)c2ccoc2)C/C=C\C=C/1C(=O)O. The monoisotopic (exact) mass is 358 g/mol. The molecule has 0 amide bonds. The van der Waals surface area contributed by atoms with Gasteiger partial charge in [-0.2, -0.15) is 0 Å². The largest absolute Gasteiger partial charge is 0.481 e. The van der Waals surface area contributed by atoms with Gasteiger partial charge >= 0.3 is 11.9 Å². The predicted molar refractivity (Wildman–Crippen MR) is 94.7 cm³/mol. The van der Waals surface area contributed by atoms with Crippen LogP contribution in [-0.2, 0) is 9.59 Å². The molecule has 1 aromatic rings. The van der Waals surface area contributed by atoms with Gasteiger partial charge in [0.05, 0.1) is 23.3 Å². The quantitative estimate of drug-likeness (QED) is 0.774. The minimum Gasteiger partial charge on any atom is -0.481 e. The van der Waals surface area contributed by atoms with Gasteiger partial charge in [-0.3, -0.25) is 9.59 Å². The van der Waals surface area contributed by atoms with E-state index in [-0.39, 0.29) is 30.6 Å². The Kier molecular flexibility index (Phi) is 5.97. The molecular formula is C20H22O6. The Balaban J connectivity index is 2.35. The molecule has 0 spiro atoms. The van der Waals surface area contributed by atoms with Crippen molar-refractivity contribution in [1.82, 2.24) is 0 Å². The van der Waals surface area contributed by atoms with E-state index in [0.717, 1.165) is 0 Å². The van der Waals surface area contributed by atoms with Crippen molar-refractivity contribution in [2.75, 3.05) is 0 Å². The van der Waals surface area contributed by atoms with Crippen LogP contribution in [0, 0.1) is 11.3 Å². The molecule has 0 aromatic carbocycles. The third-order valence-corrected chi connectivity index (χ3v) is 4.88. The van der Waals surface area contributed by atoms with Crippen molar-refractivity contribution in [3.05, 3.63) is 60.1 Å². The molecule has 0 unspecified atom stereocenters. The van der Waals surface area contributed by atoms with Gasteiger partial charge in [0, 0.05) is 6.42 Å². The fourth-order valence-corrected chi connectivity index (χ4v) is 3.29. The molecule has 1 aliphatic carbocycles.